The summed E-state index contributed by atoms with van der Waals surface area (Å²) in [7, 11) is 4.33. The fourth-order valence-electron chi connectivity index (χ4n) is 4.71. The number of amides is 1. The molecule has 2 heterocycles. The minimum Gasteiger partial charge on any atom is -0.493 e. The quantitative estimate of drug-likeness (QED) is 0.677. The van der Waals surface area contributed by atoms with E-state index in [1.807, 2.05) is 17.0 Å². The second-order valence-electron chi connectivity index (χ2n) is 9.42. The maximum atomic E-state index is 13.3. The molecular formula is C27H37N3O2. The second-order valence-corrected chi connectivity index (χ2v) is 9.42. The van der Waals surface area contributed by atoms with Crippen molar-refractivity contribution in [1.29, 1.82) is 0 Å². The highest BCUT2D eigenvalue weighted by atomic mass is 16.5. The molecule has 5 heteroatoms. The number of likely N-dealkylation sites (N-methyl/N-ethyl adjacent to an activating group) is 1. The molecule has 0 saturated carbocycles. The van der Waals surface area contributed by atoms with Crippen LogP contribution in [0.25, 0.3) is 0 Å². The van der Waals surface area contributed by atoms with Gasteiger partial charge >= 0.3 is 0 Å². The molecule has 2 bridgehead atoms. The van der Waals surface area contributed by atoms with Gasteiger partial charge in [0.25, 0.3) is 5.91 Å². The molecule has 0 aromatic heterocycles. The largest absolute Gasteiger partial charge is 0.493 e. The Morgan fingerprint density at radius 2 is 1.66 bits per heavy atom. The molecule has 172 valence electrons. The maximum absolute atomic E-state index is 13.3. The fraction of sp³-hybridized carbons (Fsp3) is 0.519. The lowest BCUT2D eigenvalue weighted by Gasteiger charge is -2.22. The van der Waals surface area contributed by atoms with E-state index in [-0.39, 0.29) is 5.91 Å². The summed E-state index contributed by atoms with van der Waals surface area (Å²) < 4.78 is 6.20. The van der Waals surface area contributed by atoms with Crippen LogP contribution >= 0.6 is 0 Å². The number of ether oxygens (including phenoxy) is 1. The van der Waals surface area contributed by atoms with Gasteiger partial charge in [-0.05, 0) is 87.8 Å². The third-order valence-corrected chi connectivity index (χ3v) is 6.59. The van der Waals surface area contributed by atoms with Crippen LogP contribution in [0.15, 0.2) is 42.5 Å². The van der Waals surface area contributed by atoms with E-state index in [2.05, 4.69) is 54.2 Å². The summed E-state index contributed by atoms with van der Waals surface area (Å²) in [5.41, 5.74) is 4.48. The number of fused-ring (bicyclic) bond motifs is 3. The Balaban J connectivity index is 1.59. The first-order chi connectivity index (χ1) is 15.6. The summed E-state index contributed by atoms with van der Waals surface area (Å²) in [6.45, 7) is 6.40. The van der Waals surface area contributed by atoms with Gasteiger partial charge in [0.2, 0.25) is 0 Å². The molecule has 1 amide bonds. The fourth-order valence-corrected chi connectivity index (χ4v) is 4.71. The smallest absolute Gasteiger partial charge is 0.253 e. The Bertz CT molecular complexity index is 914. The first kappa shape index (κ1) is 22.8. The van der Waals surface area contributed by atoms with E-state index in [1.54, 1.807) is 0 Å². The molecule has 1 fully saturated rings. The SMILES string of the molecule is CN1CCCN(C(=O)c2ccc3c(c2)Cc2cccc(c2)CN(C)CCCCCO3)CC1. The molecule has 2 aromatic rings. The second kappa shape index (κ2) is 11.0. The van der Waals surface area contributed by atoms with Crippen molar-refractivity contribution in [3.05, 3.63) is 64.7 Å². The summed E-state index contributed by atoms with van der Waals surface area (Å²) in [6, 6.07) is 14.9. The molecule has 0 aliphatic carbocycles. The topological polar surface area (TPSA) is 36.0 Å². The van der Waals surface area contributed by atoms with Crippen molar-refractivity contribution in [2.75, 3.05) is 53.4 Å². The van der Waals surface area contributed by atoms with Gasteiger partial charge in [0, 0.05) is 38.2 Å². The van der Waals surface area contributed by atoms with Crippen LogP contribution < -0.4 is 4.74 Å². The van der Waals surface area contributed by atoms with Crippen molar-refractivity contribution < 1.29 is 9.53 Å². The van der Waals surface area contributed by atoms with Crippen molar-refractivity contribution in [1.82, 2.24) is 14.7 Å². The number of benzene rings is 2. The summed E-state index contributed by atoms with van der Waals surface area (Å²) in [5.74, 6) is 1.05. The van der Waals surface area contributed by atoms with Gasteiger partial charge in [0.05, 0.1) is 6.61 Å². The zero-order valence-electron chi connectivity index (χ0n) is 19.7. The van der Waals surface area contributed by atoms with Crippen LogP contribution in [-0.4, -0.2) is 74.0 Å². The van der Waals surface area contributed by atoms with Gasteiger partial charge in [0.1, 0.15) is 5.75 Å². The number of carbonyl (C=O) groups is 1. The minimum atomic E-state index is 0.137. The lowest BCUT2D eigenvalue weighted by atomic mass is 9.99. The molecule has 0 spiro atoms. The number of hydrogen-bond donors (Lipinski definition) is 0. The normalized spacial score (nSPS) is 19.4. The van der Waals surface area contributed by atoms with Gasteiger partial charge in [-0.25, -0.2) is 0 Å². The lowest BCUT2D eigenvalue weighted by Crippen LogP contribution is -2.34. The third kappa shape index (κ3) is 6.11. The highest BCUT2D eigenvalue weighted by Crippen LogP contribution is 2.26. The van der Waals surface area contributed by atoms with E-state index < -0.39 is 0 Å². The zero-order chi connectivity index (χ0) is 22.3. The van der Waals surface area contributed by atoms with E-state index in [1.165, 1.54) is 24.0 Å². The molecule has 0 radical (unpaired) electrons. The number of rotatable bonds is 1. The van der Waals surface area contributed by atoms with E-state index >= 15 is 0 Å². The van der Waals surface area contributed by atoms with Crippen LogP contribution in [0.5, 0.6) is 5.75 Å². The molecule has 2 aliphatic heterocycles. The molecular weight excluding hydrogens is 398 g/mol. The minimum absolute atomic E-state index is 0.137. The lowest BCUT2D eigenvalue weighted by molar-refractivity contribution is 0.0762. The van der Waals surface area contributed by atoms with Gasteiger partial charge in [-0.15, -0.1) is 0 Å². The molecule has 32 heavy (non-hydrogen) atoms. The molecule has 2 aromatic carbocycles. The Morgan fingerprint density at radius 1 is 0.812 bits per heavy atom. The standard InChI is InChI=1S/C27H37N3O2/c1-28-13-7-14-30(16-15-28)27(31)24-10-11-26-25(20-24)19-22-8-6-9-23(18-22)21-29(2)12-4-3-5-17-32-26/h6,8-11,18,20H,3-5,7,12-17,19,21H2,1-2H3. The van der Waals surface area contributed by atoms with Crippen molar-refractivity contribution in [2.24, 2.45) is 0 Å². The highest BCUT2D eigenvalue weighted by Gasteiger charge is 2.20. The van der Waals surface area contributed by atoms with Crippen molar-refractivity contribution >= 4 is 5.91 Å². The average Bonchev–Trinajstić information content (AvgIpc) is 3.00. The number of hydrogen-bond acceptors (Lipinski definition) is 4. The van der Waals surface area contributed by atoms with Crippen molar-refractivity contribution in [3.8, 4) is 5.75 Å². The van der Waals surface area contributed by atoms with E-state index in [4.69, 9.17) is 4.74 Å². The van der Waals surface area contributed by atoms with E-state index in [9.17, 15) is 4.79 Å². The van der Waals surface area contributed by atoms with Gasteiger partial charge in [0.15, 0.2) is 0 Å². The Kier molecular flexibility index (Phi) is 7.82. The number of nitrogens with zero attached hydrogens (tertiary/aromatic N) is 3. The van der Waals surface area contributed by atoms with Gasteiger partial charge < -0.3 is 19.4 Å². The zero-order valence-corrected chi connectivity index (χ0v) is 19.7. The Hall–Kier alpha value is -2.37. The van der Waals surface area contributed by atoms with Crippen LogP contribution in [0, 0.1) is 0 Å². The molecule has 2 aliphatic rings. The Morgan fingerprint density at radius 3 is 2.56 bits per heavy atom. The molecule has 5 nitrogen and oxygen atoms in total. The summed E-state index contributed by atoms with van der Waals surface area (Å²) in [6.07, 6.45) is 5.21. The van der Waals surface area contributed by atoms with Crippen molar-refractivity contribution in [3.63, 3.8) is 0 Å². The van der Waals surface area contributed by atoms with Gasteiger partial charge in [-0.1, -0.05) is 24.3 Å². The van der Waals surface area contributed by atoms with Crippen LogP contribution in [0.1, 0.15) is 52.7 Å². The van der Waals surface area contributed by atoms with Gasteiger partial charge in [-0.2, -0.15) is 0 Å². The predicted octanol–water partition coefficient (Wildman–Crippen LogP) is 4.05. The van der Waals surface area contributed by atoms with Crippen LogP contribution in [0.3, 0.4) is 0 Å². The van der Waals surface area contributed by atoms with Crippen molar-refractivity contribution in [2.45, 2.75) is 38.6 Å². The first-order valence-electron chi connectivity index (χ1n) is 12.1. The molecule has 1 saturated heterocycles. The average molecular weight is 436 g/mol. The van der Waals surface area contributed by atoms with Crippen LogP contribution in [-0.2, 0) is 13.0 Å². The first-order valence-corrected chi connectivity index (χ1v) is 12.1. The summed E-state index contributed by atoms with van der Waals surface area (Å²) in [5, 5.41) is 0. The van der Waals surface area contributed by atoms with E-state index in [0.717, 1.165) is 82.0 Å². The molecule has 0 atom stereocenters. The van der Waals surface area contributed by atoms with E-state index in [0.29, 0.717) is 0 Å². The Labute approximate surface area is 193 Å². The maximum Gasteiger partial charge on any atom is 0.253 e. The van der Waals surface area contributed by atoms with Gasteiger partial charge in [-0.3, -0.25) is 4.79 Å². The van der Waals surface area contributed by atoms with Crippen LogP contribution in [0.2, 0.25) is 0 Å². The number of carbonyl (C=O) groups excluding carboxylic acids is 1. The molecule has 0 N–H and O–H groups in total. The summed E-state index contributed by atoms with van der Waals surface area (Å²) in [4.78, 5) is 20.0. The monoisotopic (exact) mass is 435 g/mol. The summed E-state index contributed by atoms with van der Waals surface area (Å²) >= 11 is 0. The predicted molar refractivity (Wildman–Crippen MR) is 129 cm³/mol. The molecule has 0 unspecified atom stereocenters. The third-order valence-electron chi connectivity index (χ3n) is 6.59. The molecule has 4 rings (SSSR count). The highest BCUT2D eigenvalue weighted by molar-refractivity contribution is 5.94. The van der Waals surface area contributed by atoms with Crippen LogP contribution in [0.4, 0.5) is 0 Å².